The molecule has 0 aromatic heterocycles. The second-order valence-electron chi connectivity index (χ2n) is 7.32. The van der Waals surface area contributed by atoms with E-state index in [1.807, 2.05) is 6.92 Å². The summed E-state index contributed by atoms with van der Waals surface area (Å²) in [7, 11) is 0. The first kappa shape index (κ1) is 21.6. The van der Waals surface area contributed by atoms with Crippen LogP contribution in [0.3, 0.4) is 0 Å². The van der Waals surface area contributed by atoms with Crippen LogP contribution in [-0.2, 0) is 12.6 Å². The molecule has 1 aliphatic carbocycles. The number of benzene rings is 2. The number of rotatable bonds is 6. The highest BCUT2D eigenvalue weighted by molar-refractivity contribution is 8.00. The molecule has 29 heavy (non-hydrogen) atoms. The molecule has 0 radical (unpaired) electrons. The highest BCUT2D eigenvalue weighted by Crippen LogP contribution is 2.41. The van der Waals surface area contributed by atoms with Gasteiger partial charge in [-0.15, -0.1) is 0 Å². The molecule has 0 bridgehead atoms. The predicted molar refractivity (Wildman–Crippen MR) is 110 cm³/mol. The van der Waals surface area contributed by atoms with Crippen LogP contribution >= 0.6 is 11.9 Å². The topological polar surface area (TPSA) is 49.3 Å². The normalized spacial score (nSPS) is 15.3. The molecule has 2 aromatic carbocycles. The van der Waals surface area contributed by atoms with E-state index in [0.29, 0.717) is 17.0 Å². The maximum absolute atomic E-state index is 13.3. The Morgan fingerprint density at radius 1 is 1.14 bits per heavy atom. The fourth-order valence-corrected chi connectivity index (χ4v) is 4.70. The number of carboxylic acid groups (broad SMARTS) is 1. The zero-order valence-electron chi connectivity index (χ0n) is 16.2. The Morgan fingerprint density at radius 2 is 1.86 bits per heavy atom. The summed E-state index contributed by atoms with van der Waals surface area (Å²) in [5.41, 5.74) is 1.77. The molecule has 0 aliphatic heterocycles. The number of alkyl halides is 3. The van der Waals surface area contributed by atoms with E-state index in [1.165, 1.54) is 18.0 Å². The van der Waals surface area contributed by atoms with E-state index in [2.05, 4.69) is 4.72 Å². The van der Waals surface area contributed by atoms with Crippen LogP contribution in [0.1, 0.15) is 72.0 Å². The van der Waals surface area contributed by atoms with Crippen LogP contribution in [0.2, 0.25) is 0 Å². The van der Waals surface area contributed by atoms with Crippen LogP contribution in [0.25, 0.3) is 0 Å². The number of hydrogen-bond acceptors (Lipinski definition) is 3. The highest BCUT2D eigenvalue weighted by atomic mass is 32.2. The van der Waals surface area contributed by atoms with Gasteiger partial charge in [0.1, 0.15) is 0 Å². The number of anilines is 1. The van der Waals surface area contributed by atoms with Crippen molar-refractivity contribution in [1.29, 1.82) is 0 Å². The lowest BCUT2D eigenvalue weighted by Crippen LogP contribution is -2.10. The second-order valence-corrected chi connectivity index (χ2v) is 8.17. The molecule has 156 valence electrons. The molecular formula is C22H24F3NO2S. The monoisotopic (exact) mass is 423 g/mol. The lowest BCUT2D eigenvalue weighted by atomic mass is 9.83. The first-order valence-electron chi connectivity index (χ1n) is 9.79. The van der Waals surface area contributed by atoms with Crippen LogP contribution in [-0.4, -0.2) is 11.1 Å². The van der Waals surface area contributed by atoms with E-state index in [0.717, 1.165) is 49.3 Å². The molecule has 0 amide bonds. The van der Waals surface area contributed by atoms with Crippen molar-refractivity contribution in [3.05, 3.63) is 58.7 Å². The molecule has 0 saturated heterocycles. The molecule has 1 aliphatic rings. The lowest BCUT2D eigenvalue weighted by Gasteiger charge is -2.25. The molecule has 2 N–H and O–H groups in total. The summed E-state index contributed by atoms with van der Waals surface area (Å²) in [4.78, 5) is 12.0. The van der Waals surface area contributed by atoms with Gasteiger partial charge in [-0.05, 0) is 72.5 Å². The highest BCUT2D eigenvalue weighted by Gasteiger charge is 2.32. The van der Waals surface area contributed by atoms with E-state index in [1.54, 1.807) is 24.3 Å². The summed E-state index contributed by atoms with van der Waals surface area (Å²) < 4.78 is 42.9. The number of carboxylic acids is 1. The maximum atomic E-state index is 13.3. The Kier molecular flexibility index (Phi) is 6.77. The molecule has 1 saturated carbocycles. The Balaban J connectivity index is 1.92. The molecule has 0 heterocycles. The molecular weight excluding hydrogens is 399 g/mol. The van der Waals surface area contributed by atoms with Crippen LogP contribution in [0, 0.1) is 0 Å². The van der Waals surface area contributed by atoms with E-state index < -0.39 is 17.7 Å². The third-order valence-electron chi connectivity index (χ3n) is 5.39. The van der Waals surface area contributed by atoms with Crippen molar-refractivity contribution in [3.8, 4) is 0 Å². The molecule has 1 fully saturated rings. The maximum Gasteiger partial charge on any atom is 0.416 e. The first-order valence-corrected chi connectivity index (χ1v) is 10.6. The average Bonchev–Trinajstić information content (AvgIpc) is 2.71. The van der Waals surface area contributed by atoms with Gasteiger partial charge in [-0.25, -0.2) is 4.79 Å². The van der Waals surface area contributed by atoms with Crippen molar-refractivity contribution in [2.75, 3.05) is 4.72 Å². The molecule has 3 nitrogen and oxygen atoms in total. The predicted octanol–water partition coefficient (Wildman–Crippen LogP) is 7.13. The summed E-state index contributed by atoms with van der Waals surface area (Å²) in [5.74, 6) is -0.790. The fourth-order valence-electron chi connectivity index (χ4n) is 3.78. The standard InChI is InChI=1S/C22H24F3NO2S/c1-2-14-8-9-16(21(27)28)12-20(14)29-26-19-13-17(22(23,24)25)10-11-18(19)15-6-4-3-5-7-15/h8-13,15,26H,2-7H2,1H3,(H,27,28). The van der Waals surface area contributed by atoms with Crippen LogP contribution in [0.4, 0.5) is 18.9 Å². The van der Waals surface area contributed by atoms with Gasteiger partial charge in [0, 0.05) is 10.6 Å². The van der Waals surface area contributed by atoms with Gasteiger partial charge >= 0.3 is 12.1 Å². The number of nitrogens with one attached hydrogen (secondary N) is 1. The summed E-state index contributed by atoms with van der Waals surface area (Å²) in [6.07, 6.45) is 1.55. The Hall–Kier alpha value is -2.15. The summed E-state index contributed by atoms with van der Waals surface area (Å²) in [6.45, 7) is 1.96. The third-order valence-corrected chi connectivity index (χ3v) is 6.31. The SMILES string of the molecule is CCc1ccc(C(=O)O)cc1SNc1cc(C(F)(F)F)ccc1C1CCCCC1. The van der Waals surface area contributed by atoms with E-state index in [9.17, 15) is 23.1 Å². The smallest absolute Gasteiger partial charge is 0.416 e. The fraction of sp³-hybridized carbons (Fsp3) is 0.409. The Bertz CT molecular complexity index is 877. The number of aryl methyl sites for hydroxylation is 1. The molecule has 3 rings (SSSR count). The molecule has 0 atom stereocenters. The van der Waals surface area contributed by atoms with Crippen molar-refractivity contribution in [1.82, 2.24) is 0 Å². The van der Waals surface area contributed by atoms with Crippen molar-refractivity contribution in [3.63, 3.8) is 0 Å². The zero-order chi connectivity index (χ0) is 21.0. The summed E-state index contributed by atoms with van der Waals surface area (Å²) in [5, 5.41) is 9.24. The van der Waals surface area contributed by atoms with Gasteiger partial charge in [0.25, 0.3) is 0 Å². The Morgan fingerprint density at radius 3 is 2.48 bits per heavy atom. The Labute approximate surface area is 172 Å². The van der Waals surface area contributed by atoms with Gasteiger partial charge in [0.05, 0.1) is 11.1 Å². The minimum Gasteiger partial charge on any atom is -0.478 e. The van der Waals surface area contributed by atoms with Crippen molar-refractivity contribution in [2.24, 2.45) is 0 Å². The van der Waals surface area contributed by atoms with Crippen LogP contribution in [0.5, 0.6) is 0 Å². The minimum absolute atomic E-state index is 0.156. The number of carbonyl (C=O) groups is 1. The van der Waals surface area contributed by atoms with Gasteiger partial charge in [-0.2, -0.15) is 13.2 Å². The third kappa shape index (κ3) is 5.26. The number of halogens is 3. The van der Waals surface area contributed by atoms with Gasteiger partial charge in [-0.1, -0.05) is 38.3 Å². The van der Waals surface area contributed by atoms with E-state index in [-0.39, 0.29) is 11.5 Å². The molecule has 7 heteroatoms. The van der Waals surface area contributed by atoms with Crippen LogP contribution < -0.4 is 4.72 Å². The van der Waals surface area contributed by atoms with Gasteiger partial charge in [-0.3, -0.25) is 0 Å². The number of hydrogen-bond donors (Lipinski definition) is 2. The second kappa shape index (κ2) is 9.11. The van der Waals surface area contributed by atoms with Gasteiger partial charge in [0.2, 0.25) is 0 Å². The lowest BCUT2D eigenvalue weighted by molar-refractivity contribution is -0.137. The van der Waals surface area contributed by atoms with Gasteiger partial charge < -0.3 is 9.83 Å². The summed E-state index contributed by atoms with van der Waals surface area (Å²) in [6, 6.07) is 8.78. The van der Waals surface area contributed by atoms with Gasteiger partial charge in [0.15, 0.2) is 0 Å². The molecule has 0 spiro atoms. The van der Waals surface area contributed by atoms with E-state index >= 15 is 0 Å². The first-order chi connectivity index (χ1) is 13.8. The van der Waals surface area contributed by atoms with Crippen molar-refractivity contribution >= 4 is 23.6 Å². The minimum atomic E-state index is -4.41. The van der Waals surface area contributed by atoms with Crippen molar-refractivity contribution in [2.45, 2.75) is 62.4 Å². The van der Waals surface area contributed by atoms with E-state index in [4.69, 9.17) is 0 Å². The molecule has 0 unspecified atom stereocenters. The average molecular weight is 424 g/mol. The quantitative estimate of drug-likeness (QED) is 0.485. The van der Waals surface area contributed by atoms with Crippen LogP contribution in [0.15, 0.2) is 41.3 Å². The zero-order valence-corrected chi connectivity index (χ0v) is 17.0. The summed E-state index contributed by atoms with van der Waals surface area (Å²) >= 11 is 1.17. The number of aromatic carboxylic acids is 1. The largest absolute Gasteiger partial charge is 0.478 e. The van der Waals surface area contributed by atoms with Crippen molar-refractivity contribution < 1.29 is 23.1 Å². The molecule has 2 aromatic rings.